The highest BCUT2D eigenvalue weighted by Crippen LogP contribution is 2.44. The van der Waals surface area contributed by atoms with Crippen LogP contribution in [0.4, 0.5) is 0 Å². The molecule has 0 aliphatic heterocycles. The largest absolute Gasteiger partial charge is 0.497 e. The minimum atomic E-state index is -0.719. The van der Waals surface area contributed by atoms with Gasteiger partial charge in [-0.2, -0.15) is 0 Å². The van der Waals surface area contributed by atoms with Crippen LogP contribution < -0.4 is 10.1 Å². The molecule has 1 aliphatic rings. The zero-order valence-corrected chi connectivity index (χ0v) is 14.6. The minimum Gasteiger partial charge on any atom is -0.497 e. The molecule has 0 aromatic heterocycles. The fourth-order valence-electron chi connectivity index (χ4n) is 3.40. The number of benzene rings is 2. The lowest BCUT2D eigenvalue weighted by molar-refractivity contribution is -0.136. The van der Waals surface area contributed by atoms with Gasteiger partial charge in [-0.1, -0.05) is 48.9 Å². The second-order valence-corrected chi connectivity index (χ2v) is 6.80. The third kappa shape index (κ3) is 4.02. The monoisotopic (exact) mass is 339 g/mol. The van der Waals surface area contributed by atoms with Gasteiger partial charge in [-0.25, -0.2) is 0 Å². The van der Waals surface area contributed by atoms with E-state index in [9.17, 15) is 9.90 Å². The van der Waals surface area contributed by atoms with E-state index in [0.29, 0.717) is 0 Å². The quantitative estimate of drug-likeness (QED) is 0.814. The number of hydrogen-bond acceptors (Lipinski definition) is 3. The second-order valence-electron chi connectivity index (χ2n) is 6.80. The zero-order chi connectivity index (χ0) is 17.7. The highest BCUT2D eigenvalue weighted by atomic mass is 16.5. The molecule has 2 aromatic carbocycles. The molecule has 2 aromatic rings. The Labute approximate surface area is 148 Å². The van der Waals surface area contributed by atoms with Crippen molar-refractivity contribution in [2.75, 3.05) is 13.7 Å². The van der Waals surface area contributed by atoms with E-state index >= 15 is 0 Å². The van der Waals surface area contributed by atoms with Gasteiger partial charge in [-0.3, -0.25) is 4.79 Å². The molecule has 132 valence electrons. The lowest BCUT2D eigenvalue weighted by atomic mass is 9.64. The van der Waals surface area contributed by atoms with E-state index in [1.165, 1.54) is 5.56 Å². The topological polar surface area (TPSA) is 58.6 Å². The normalized spacial score (nSPS) is 16.6. The van der Waals surface area contributed by atoms with Crippen LogP contribution in [0.25, 0.3) is 0 Å². The van der Waals surface area contributed by atoms with E-state index in [1.807, 2.05) is 42.5 Å². The van der Waals surface area contributed by atoms with Crippen molar-refractivity contribution in [3.63, 3.8) is 0 Å². The summed E-state index contributed by atoms with van der Waals surface area (Å²) in [6, 6.07) is 17.4. The molecule has 1 atom stereocenters. The molecule has 4 heteroatoms. The van der Waals surface area contributed by atoms with E-state index in [1.54, 1.807) is 7.11 Å². The van der Waals surface area contributed by atoms with Gasteiger partial charge in [0.25, 0.3) is 0 Å². The molecule has 0 spiro atoms. The summed E-state index contributed by atoms with van der Waals surface area (Å²) in [5.41, 5.74) is 1.64. The fraction of sp³-hybridized carbons (Fsp3) is 0.381. The Balaban J connectivity index is 1.58. The van der Waals surface area contributed by atoms with Crippen LogP contribution >= 0.6 is 0 Å². The van der Waals surface area contributed by atoms with Crippen molar-refractivity contribution in [1.82, 2.24) is 5.32 Å². The lowest BCUT2D eigenvalue weighted by Crippen LogP contribution is -2.48. The van der Waals surface area contributed by atoms with Gasteiger partial charge in [0, 0.05) is 6.54 Å². The van der Waals surface area contributed by atoms with E-state index < -0.39 is 6.10 Å². The third-order valence-electron chi connectivity index (χ3n) is 5.13. The van der Waals surface area contributed by atoms with E-state index in [4.69, 9.17) is 4.74 Å². The summed E-state index contributed by atoms with van der Waals surface area (Å²) in [4.78, 5) is 12.7. The van der Waals surface area contributed by atoms with Gasteiger partial charge in [-0.15, -0.1) is 0 Å². The number of nitrogens with one attached hydrogen (secondary N) is 1. The Morgan fingerprint density at radius 2 is 1.84 bits per heavy atom. The Hall–Kier alpha value is -2.33. The van der Waals surface area contributed by atoms with Gasteiger partial charge >= 0.3 is 0 Å². The summed E-state index contributed by atoms with van der Waals surface area (Å²) < 4.78 is 5.12. The van der Waals surface area contributed by atoms with Crippen molar-refractivity contribution in [3.8, 4) is 5.75 Å². The lowest BCUT2D eigenvalue weighted by Gasteiger charge is -2.40. The molecule has 1 unspecified atom stereocenters. The third-order valence-corrected chi connectivity index (χ3v) is 5.13. The van der Waals surface area contributed by atoms with Gasteiger partial charge < -0.3 is 15.2 Å². The number of amides is 1. The van der Waals surface area contributed by atoms with Crippen molar-refractivity contribution in [2.24, 2.45) is 5.41 Å². The molecular weight excluding hydrogens is 314 g/mol. The number of carbonyl (C=O) groups excluding carboxylic acids is 1. The van der Waals surface area contributed by atoms with E-state index in [2.05, 4.69) is 17.4 Å². The predicted octanol–water partition coefficient (Wildman–Crippen LogP) is 3.26. The molecule has 1 saturated carbocycles. The van der Waals surface area contributed by atoms with Crippen molar-refractivity contribution in [2.45, 2.75) is 31.8 Å². The summed E-state index contributed by atoms with van der Waals surface area (Å²) >= 11 is 0. The first-order chi connectivity index (χ1) is 12.1. The predicted molar refractivity (Wildman–Crippen MR) is 97.4 cm³/mol. The van der Waals surface area contributed by atoms with Gasteiger partial charge in [0.05, 0.1) is 18.6 Å². The summed E-state index contributed by atoms with van der Waals surface area (Å²) in [5.74, 6) is 0.798. The standard InChI is InChI=1S/C21H25NO3/c1-25-18-10-8-17(9-11-18)19(23)15-22-20(24)21(12-5-13-21)14-16-6-3-2-4-7-16/h2-4,6-11,19,23H,5,12-15H2,1H3,(H,22,24). The number of ether oxygens (including phenoxy) is 1. The molecule has 0 heterocycles. The second kappa shape index (κ2) is 7.70. The van der Waals surface area contributed by atoms with Crippen LogP contribution in [0.1, 0.15) is 36.5 Å². The van der Waals surface area contributed by atoms with E-state index in [-0.39, 0.29) is 17.9 Å². The van der Waals surface area contributed by atoms with Crippen molar-refractivity contribution < 1.29 is 14.6 Å². The van der Waals surface area contributed by atoms with Crippen molar-refractivity contribution in [1.29, 1.82) is 0 Å². The number of aliphatic hydroxyl groups excluding tert-OH is 1. The van der Waals surface area contributed by atoms with Crippen LogP contribution in [0.15, 0.2) is 54.6 Å². The molecule has 3 rings (SSSR count). The summed E-state index contributed by atoms with van der Waals surface area (Å²) in [7, 11) is 1.61. The number of methoxy groups -OCH3 is 1. The Morgan fingerprint density at radius 3 is 2.40 bits per heavy atom. The Morgan fingerprint density at radius 1 is 1.16 bits per heavy atom. The van der Waals surface area contributed by atoms with Crippen LogP contribution in [0, 0.1) is 5.41 Å². The molecule has 0 bridgehead atoms. The Bertz CT molecular complexity index is 693. The zero-order valence-electron chi connectivity index (χ0n) is 14.6. The summed E-state index contributed by atoms with van der Waals surface area (Å²) in [5, 5.41) is 13.3. The first-order valence-corrected chi connectivity index (χ1v) is 8.77. The molecule has 0 radical (unpaired) electrons. The van der Waals surface area contributed by atoms with Gasteiger partial charge in [0.15, 0.2) is 0 Å². The number of carbonyl (C=O) groups is 1. The maximum Gasteiger partial charge on any atom is 0.226 e. The number of aliphatic hydroxyl groups is 1. The fourth-order valence-corrected chi connectivity index (χ4v) is 3.40. The van der Waals surface area contributed by atoms with Crippen LogP contribution in [-0.2, 0) is 11.2 Å². The Kier molecular flexibility index (Phi) is 5.39. The molecular formula is C21H25NO3. The highest BCUT2D eigenvalue weighted by molar-refractivity contribution is 5.83. The van der Waals surface area contributed by atoms with Crippen LogP contribution in [0.5, 0.6) is 5.75 Å². The van der Waals surface area contributed by atoms with Crippen LogP contribution in [0.3, 0.4) is 0 Å². The SMILES string of the molecule is COc1ccc(C(O)CNC(=O)C2(Cc3ccccc3)CCC2)cc1. The molecule has 1 amide bonds. The summed E-state index contributed by atoms with van der Waals surface area (Å²) in [6.07, 6.45) is 2.95. The first-order valence-electron chi connectivity index (χ1n) is 8.77. The maximum atomic E-state index is 12.7. The molecule has 1 aliphatic carbocycles. The minimum absolute atomic E-state index is 0.0511. The number of rotatable bonds is 7. The average molecular weight is 339 g/mol. The van der Waals surface area contributed by atoms with Crippen LogP contribution in [0.2, 0.25) is 0 Å². The van der Waals surface area contributed by atoms with E-state index in [0.717, 1.165) is 37.0 Å². The van der Waals surface area contributed by atoms with Gasteiger partial charge in [0.1, 0.15) is 5.75 Å². The molecule has 0 saturated heterocycles. The molecule has 25 heavy (non-hydrogen) atoms. The van der Waals surface area contributed by atoms with Gasteiger partial charge in [-0.05, 0) is 42.5 Å². The summed E-state index contributed by atoms with van der Waals surface area (Å²) in [6.45, 7) is 0.224. The number of hydrogen-bond donors (Lipinski definition) is 2. The smallest absolute Gasteiger partial charge is 0.226 e. The highest BCUT2D eigenvalue weighted by Gasteiger charge is 2.43. The molecule has 2 N–H and O–H groups in total. The van der Waals surface area contributed by atoms with Crippen molar-refractivity contribution >= 4 is 5.91 Å². The van der Waals surface area contributed by atoms with Crippen LogP contribution in [-0.4, -0.2) is 24.7 Å². The molecule has 1 fully saturated rings. The first kappa shape index (κ1) is 17.5. The molecule has 4 nitrogen and oxygen atoms in total. The van der Waals surface area contributed by atoms with Crippen molar-refractivity contribution in [3.05, 3.63) is 65.7 Å². The maximum absolute atomic E-state index is 12.7. The van der Waals surface area contributed by atoms with Gasteiger partial charge in [0.2, 0.25) is 5.91 Å². The average Bonchev–Trinajstić information content (AvgIpc) is 2.63.